The first kappa shape index (κ1) is 11.1. The van der Waals surface area contributed by atoms with Crippen LogP contribution in [0.25, 0.3) is 0 Å². The Morgan fingerprint density at radius 2 is 2.14 bits per heavy atom. The number of hydrogen-bond donors (Lipinski definition) is 0. The molecule has 0 radical (unpaired) electrons. The van der Waals surface area contributed by atoms with Crippen LogP contribution in [-0.4, -0.2) is 5.78 Å². The van der Waals surface area contributed by atoms with Crippen LogP contribution in [0, 0.1) is 0 Å². The fraction of sp³-hybridized carbons (Fsp3) is 0.300. The summed E-state index contributed by atoms with van der Waals surface area (Å²) in [7, 11) is 0. The van der Waals surface area contributed by atoms with Gasteiger partial charge < -0.3 is 0 Å². The van der Waals surface area contributed by atoms with Gasteiger partial charge in [0.05, 0.1) is 0 Å². The molecule has 0 saturated carbocycles. The highest BCUT2D eigenvalue weighted by molar-refractivity contribution is 6.31. The molecule has 0 aliphatic rings. The van der Waals surface area contributed by atoms with E-state index in [9.17, 15) is 13.6 Å². The normalized spacial score (nSPS) is 10.6. The van der Waals surface area contributed by atoms with Gasteiger partial charge in [-0.2, -0.15) is 0 Å². The standard InChI is InChI=1S/C10H9ClF2O/c1-6(14)4-7-2-3-8(10(12)13)9(11)5-7/h2-3,5,10H,4H2,1H3. The third-order valence-electron chi connectivity index (χ3n) is 1.75. The molecule has 0 aliphatic heterocycles. The molecule has 0 spiro atoms. The zero-order valence-corrected chi connectivity index (χ0v) is 8.31. The van der Waals surface area contributed by atoms with Crippen LogP contribution in [0.4, 0.5) is 8.78 Å². The molecule has 14 heavy (non-hydrogen) atoms. The molecule has 1 aromatic carbocycles. The molecular weight excluding hydrogens is 210 g/mol. The number of alkyl halides is 2. The highest BCUT2D eigenvalue weighted by Gasteiger charge is 2.12. The van der Waals surface area contributed by atoms with Crippen LogP contribution in [0.5, 0.6) is 0 Å². The third-order valence-corrected chi connectivity index (χ3v) is 2.08. The Bertz CT molecular complexity index is 350. The van der Waals surface area contributed by atoms with Gasteiger partial charge in [-0.15, -0.1) is 0 Å². The summed E-state index contributed by atoms with van der Waals surface area (Å²) in [6, 6.07) is 4.16. The number of ketones is 1. The predicted octanol–water partition coefficient (Wildman–Crippen LogP) is 3.41. The third kappa shape index (κ3) is 2.77. The highest BCUT2D eigenvalue weighted by atomic mass is 35.5. The van der Waals surface area contributed by atoms with Gasteiger partial charge in [-0.3, -0.25) is 4.79 Å². The molecule has 0 unspecified atom stereocenters. The number of hydrogen-bond acceptors (Lipinski definition) is 1. The minimum atomic E-state index is -2.58. The molecule has 0 atom stereocenters. The van der Waals surface area contributed by atoms with E-state index in [2.05, 4.69) is 0 Å². The Kier molecular flexibility index (Phi) is 3.58. The summed E-state index contributed by atoms with van der Waals surface area (Å²) in [4.78, 5) is 10.8. The summed E-state index contributed by atoms with van der Waals surface area (Å²) in [5.41, 5.74) is 0.464. The van der Waals surface area contributed by atoms with Crippen LogP contribution >= 0.6 is 11.6 Å². The molecular formula is C10H9ClF2O. The van der Waals surface area contributed by atoms with Crippen molar-refractivity contribution in [1.82, 2.24) is 0 Å². The molecule has 0 bridgehead atoms. The largest absolute Gasteiger partial charge is 0.300 e. The zero-order chi connectivity index (χ0) is 10.7. The molecule has 0 aliphatic carbocycles. The number of benzene rings is 1. The van der Waals surface area contributed by atoms with E-state index in [0.717, 1.165) is 0 Å². The maximum atomic E-state index is 12.3. The Hall–Kier alpha value is -0.960. The Labute approximate surface area is 85.7 Å². The smallest absolute Gasteiger partial charge is 0.265 e. The monoisotopic (exact) mass is 218 g/mol. The summed E-state index contributed by atoms with van der Waals surface area (Å²) in [5, 5.41) is 0.0127. The van der Waals surface area contributed by atoms with Crippen LogP contribution in [-0.2, 0) is 11.2 Å². The number of Topliss-reactive ketones (excluding diaryl/α,β-unsaturated/α-hetero) is 1. The molecule has 1 nitrogen and oxygen atoms in total. The van der Waals surface area contributed by atoms with Gasteiger partial charge >= 0.3 is 0 Å². The summed E-state index contributed by atoms with van der Waals surface area (Å²) >= 11 is 5.62. The Balaban J connectivity index is 2.94. The topological polar surface area (TPSA) is 17.1 Å². The number of carbonyl (C=O) groups is 1. The van der Waals surface area contributed by atoms with Crippen LogP contribution in [0.3, 0.4) is 0 Å². The molecule has 1 aromatic rings. The fourth-order valence-corrected chi connectivity index (χ4v) is 1.43. The van der Waals surface area contributed by atoms with Crippen molar-refractivity contribution in [3.63, 3.8) is 0 Å². The van der Waals surface area contributed by atoms with Gasteiger partial charge in [0.15, 0.2) is 0 Å². The van der Waals surface area contributed by atoms with Gasteiger partial charge in [0.25, 0.3) is 6.43 Å². The van der Waals surface area contributed by atoms with E-state index in [0.29, 0.717) is 5.56 Å². The lowest BCUT2D eigenvalue weighted by Gasteiger charge is -2.04. The summed E-state index contributed by atoms with van der Waals surface area (Å²) < 4.78 is 24.5. The Morgan fingerprint density at radius 1 is 1.50 bits per heavy atom. The van der Waals surface area contributed by atoms with Crippen LogP contribution in [0.1, 0.15) is 24.5 Å². The van der Waals surface area contributed by atoms with Crippen molar-refractivity contribution in [2.75, 3.05) is 0 Å². The van der Waals surface area contributed by atoms with Gasteiger partial charge in [0.1, 0.15) is 5.78 Å². The Morgan fingerprint density at radius 3 is 2.57 bits per heavy atom. The van der Waals surface area contributed by atoms with Crippen molar-refractivity contribution in [2.24, 2.45) is 0 Å². The van der Waals surface area contributed by atoms with Gasteiger partial charge in [0, 0.05) is 17.0 Å². The maximum absolute atomic E-state index is 12.3. The lowest BCUT2D eigenvalue weighted by atomic mass is 10.1. The lowest BCUT2D eigenvalue weighted by Crippen LogP contribution is -1.97. The molecule has 76 valence electrons. The van der Waals surface area contributed by atoms with E-state index in [1.54, 1.807) is 0 Å². The zero-order valence-electron chi connectivity index (χ0n) is 7.56. The molecule has 0 saturated heterocycles. The van der Waals surface area contributed by atoms with E-state index in [4.69, 9.17) is 11.6 Å². The first-order valence-electron chi connectivity index (χ1n) is 4.06. The van der Waals surface area contributed by atoms with Gasteiger partial charge in [-0.05, 0) is 18.6 Å². The maximum Gasteiger partial charge on any atom is 0.265 e. The second-order valence-electron chi connectivity index (χ2n) is 3.04. The first-order chi connectivity index (χ1) is 6.50. The van der Waals surface area contributed by atoms with E-state index < -0.39 is 6.43 Å². The number of carbonyl (C=O) groups excluding carboxylic acids is 1. The van der Waals surface area contributed by atoms with E-state index in [-0.39, 0.29) is 22.8 Å². The van der Waals surface area contributed by atoms with Crippen molar-refractivity contribution in [3.8, 4) is 0 Å². The first-order valence-corrected chi connectivity index (χ1v) is 4.44. The van der Waals surface area contributed by atoms with Gasteiger partial charge in [-0.1, -0.05) is 23.7 Å². The highest BCUT2D eigenvalue weighted by Crippen LogP contribution is 2.27. The fourth-order valence-electron chi connectivity index (χ4n) is 1.15. The SMILES string of the molecule is CC(=O)Cc1ccc(C(F)F)c(Cl)c1. The molecule has 0 fully saturated rings. The quantitative estimate of drug-likeness (QED) is 0.760. The molecule has 0 amide bonds. The predicted molar refractivity (Wildman–Crippen MR) is 50.8 cm³/mol. The minimum absolute atomic E-state index is 0.0127. The summed E-state index contributed by atoms with van der Waals surface area (Å²) in [6.45, 7) is 1.44. The van der Waals surface area contributed by atoms with Gasteiger partial charge in [0.2, 0.25) is 0 Å². The molecule has 1 rings (SSSR count). The van der Waals surface area contributed by atoms with Crippen molar-refractivity contribution in [2.45, 2.75) is 19.8 Å². The van der Waals surface area contributed by atoms with Crippen LogP contribution in [0.2, 0.25) is 5.02 Å². The molecule has 0 aromatic heterocycles. The summed E-state index contributed by atoms with van der Waals surface area (Å²) in [6.07, 6.45) is -2.35. The number of halogens is 3. The second-order valence-corrected chi connectivity index (χ2v) is 3.44. The lowest BCUT2D eigenvalue weighted by molar-refractivity contribution is -0.116. The van der Waals surface area contributed by atoms with Crippen molar-refractivity contribution in [3.05, 3.63) is 34.3 Å². The molecule has 0 N–H and O–H groups in total. The van der Waals surface area contributed by atoms with Crippen molar-refractivity contribution in [1.29, 1.82) is 0 Å². The van der Waals surface area contributed by atoms with Crippen LogP contribution in [0.15, 0.2) is 18.2 Å². The molecule has 0 heterocycles. The minimum Gasteiger partial charge on any atom is -0.300 e. The molecule has 4 heteroatoms. The van der Waals surface area contributed by atoms with Crippen LogP contribution < -0.4 is 0 Å². The summed E-state index contributed by atoms with van der Waals surface area (Å²) in [5.74, 6) is -0.0223. The van der Waals surface area contributed by atoms with E-state index >= 15 is 0 Å². The average molecular weight is 219 g/mol. The van der Waals surface area contributed by atoms with E-state index in [1.807, 2.05) is 0 Å². The average Bonchev–Trinajstić information content (AvgIpc) is 2.01. The number of rotatable bonds is 3. The van der Waals surface area contributed by atoms with Crippen molar-refractivity contribution >= 4 is 17.4 Å². The van der Waals surface area contributed by atoms with Gasteiger partial charge in [-0.25, -0.2) is 8.78 Å². The van der Waals surface area contributed by atoms with Crippen molar-refractivity contribution < 1.29 is 13.6 Å². The second kappa shape index (κ2) is 4.51. The van der Waals surface area contributed by atoms with E-state index in [1.165, 1.54) is 25.1 Å².